The van der Waals surface area contributed by atoms with Gasteiger partial charge in [-0.2, -0.15) is 0 Å². The molecule has 0 N–H and O–H groups in total. The maximum atomic E-state index is 12.4. The summed E-state index contributed by atoms with van der Waals surface area (Å²) in [6.45, 7) is 4.49. The van der Waals surface area contributed by atoms with Crippen LogP contribution in [0, 0.1) is 6.92 Å². The molecule has 0 radical (unpaired) electrons. The highest BCUT2D eigenvalue weighted by Crippen LogP contribution is 2.22. The third-order valence-corrected chi connectivity index (χ3v) is 3.07. The van der Waals surface area contributed by atoms with Gasteiger partial charge in [-0.25, -0.2) is 4.98 Å². The Kier molecular flexibility index (Phi) is 2.44. The van der Waals surface area contributed by atoms with Crippen LogP contribution in [0.5, 0.6) is 0 Å². The second kappa shape index (κ2) is 3.98. The standard InChI is InChI=1S/C14H14N2O2/c1-3-8-16-13(17)11-7-5-4-6-10(11)12-14(16)18-9(2)15-12/h4-7H,3,8H2,1-2H3. The van der Waals surface area contributed by atoms with Crippen molar-refractivity contribution in [1.82, 2.24) is 9.55 Å². The lowest BCUT2D eigenvalue weighted by molar-refractivity contribution is 0.516. The number of nitrogens with zero attached hydrogens (tertiary/aromatic N) is 2. The predicted octanol–water partition coefficient (Wildman–Crippen LogP) is 2.86. The lowest BCUT2D eigenvalue weighted by atomic mass is 10.1. The number of hydrogen-bond donors (Lipinski definition) is 0. The van der Waals surface area contributed by atoms with Crippen molar-refractivity contribution in [2.45, 2.75) is 26.8 Å². The van der Waals surface area contributed by atoms with Gasteiger partial charge in [0.25, 0.3) is 5.56 Å². The topological polar surface area (TPSA) is 48.0 Å². The number of aryl methyl sites for hydroxylation is 2. The van der Waals surface area contributed by atoms with Crippen LogP contribution in [0.25, 0.3) is 22.0 Å². The largest absolute Gasteiger partial charge is 0.424 e. The second-order valence-electron chi connectivity index (χ2n) is 4.39. The van der Waals surface area contributed by atoms with Gasteiger partial charge in [0.2, 0.25) is 5.71 Å². The van der Waals surface area contributed by atoms with Crippen molar-refractivity contribution >= 4 is 22.0 Å². The molecule has 0 unspecified atom stereocenters. The molecule has 0 bridgehead atoms. The van der Waals surface area contributed by atoms with E-state index < -0.39 is 0 Å². The molecule has 0 aliphatic rings. The second-order valence-corrected chi connectivity index (χ2v) is 4.39. The van der Waals surface area contributed by atoms with Crippen LogP contribution in [0.3, 0.4) is 0 Å². The molecule has 0 spiro atoms. The van der Waals surface area contributed by atoms with Crippen LogP contribution in [-0.2, 0) is 6.54 Å². The van der Waals surface area contributed by atoms with Gasteiger partial charge in [-0.05, 0) is 12.5 Å². The number of hydrogen-bond acceptors (Lipinski definition) is 3. The number of rotatable bonds is 2. The SMILES string of the molecule is CCCn1c(=O)c2ccccc2c2nc(C)oc21. The van der Waals surface area contributed by atoms with E-state index >= 15 is 0 Å². The highest BCUT2D eigenvalue weighted by molar-refractivity contribution is 6.01. The molecule has 0 aliphatic carbocycles. The lowest BCUT2D eigenvalue weighted by Crippen LogP contribution is -2.20. The summed E-state index contributed by atoms with van der Waals surface area (Å²) in [4.78, 5) is 16.8. The third-order valence-electron chi connectivity index (χ3n) is 3.07. The van der Waals surface area contributed by atoms with E-state index in [9.17, 15) is 4.79 Å². The minimum atomic E-state index is -0.00361. The van der Waals surface area contributed by atoms with Crippen LogP contribution in [0.15, 0.2) is 33.5 Å². The molecule has 2 aromatic heterocycles. The highest BCUT2D eigenvalue weighted by atomic mass is 16.4. The Bertz CT molecular complexity index is 783. The number of aromatic nitrogens is 2. The van der Waals surface area contributed by atoms with Gasteiger partial charge in [0.05, 0.1) is 0 Å². The summed E-state index contributed by atoms with van der Waals surface area (Å²) in [6, 6.07) is 7.54. The van der Waals surface area contributed by atoms with E-state index in [1.807, 2.05) is 31.2 Å². The van der Waals surface area contributed by atoms with Gasteiger partial charge in [0.15, 0.2) is 5.89 Å². The van der Waals surface area contributed by atoms with Crippen molar-refractivity contribution in [2.24, 2.45) is 0 Å². The molecule has 0 aliphatic heterocycles. The van der Waals surface area contributed by atoms with Crippen LogP contribution in [0.2, 0.25) is 0 Å². The first kappa shape index (κ1) is 11.0. The molecule has 3 aromatic rings. The van der Waals surface area contributed by atoms with Crippen molar-refractivity contribution in [2.75, 3.05) is 0 Å². The Hall–Kier alpha value is -2.10. The van der Waals surface area contributed by atoms with E-state index in [0.29, 0.717) is 23.5 Å². The Morgan fingerprint density at radius 1 is 1.28 bits per heavy atom. The van der Waals surface area contributed by atoms with Crippen LogP contribution in [0.1, 0.15) is 19.2 Å². The number of oxazole rings is 1. The summed E-state index contributed by atoms with van der Waals surface area (Å²) >= 11 is 0. The normalized spacial score (nSPS) is 11.4. The van der Waals surface area contributed by atoms with Crippen LogP contribution >= 0.6 is 0 Å². The molecule has 92 valence electrons. The van der Waals surface area contributed by atoms with Gasteiger partial charge in [-0.1, -0.05) is 25.1 Å². The number of fused-ring (bicyclic) bond motifs is 3. The molecular formula is C14H14N2O2. The van der Waals surface area contributed by atoms with E-state index in [0.717, 1.165) is 17.3 Å². The molecule has 4 heteroatoms. The van der Waals surface area contributed by atoms with E-state index in [2.05, 4.69) is 4.98 Å². The van der Waals surface area contributed by atoms with Crippen molar-refractivity contribution in [3.05, 3.63) is 40.5 Å². The number of benzene rings is 1. The zero-order valence-corrected chi connectivity index (χ0v) is 10.4. The number of pyridine rings is 1. The average Bonchev–Trinajstić information content (AvgIpc) is 2.76. The molecule has 4 nitrogen and oxygen atoms in total. The van der Waals surface area contributed by atoms with Gasteiger partial charge >= 0.3 is 0 Å². The Labute approximate surface area is 104 Å². The van der Waals surface area contributed by atoms with Gasteiger partial charge in [-0.15, -0.1) is 0 Å². The summed E-state index contributed by atoms with van der Waals surface area (Å²) in [5.41, 5.74) is 1.35. The minimum Gasteiger partial charge on any atom is -0.424 e. The van der Waals surface area contributed by atoms with Crippen LogP contribution in [-0.4, -0.2) is 9.55 Å². The molecule has 0 saturated heterocycles. The Morgan fingerprint density at radius 2 is 2.00 bits per heavy atom. The Balaban J connectivity index is 2.57. The van der Waals surface area contributed by atoms with Gasteiger partial charge in [0.1, 0.15) is 5.52 Å². The van der Waals surface area contributed by atoms with Gasteiger partial charge < -0.3 is 4.42 Å². The summed E-state index contributed by atoms with van der Waals surface area (Å²) in [5.74, 6) is 0.589. The average molecular weight is 242 g/mol. The van der Waals surface area contributed by atoms with Crippen molar-refractivity contribution in [3.8, 4) is 0 Å². The molecule has 3 rings (SSSR count). The first-order valence-corrected chi connectivity index (χ1v) is 6.11. The summed E-state index contributed by atoms with van der Waals surface area (Å²) in [7, 11) is 0. The molecule has 18 heavy (non-hydrogen) atoms. The maximum absolute atomic E-state index is 12.4. The summed E-state index contributed by atoms with van der Waals surface area (Å²) in [6.07, 6.45) is 0.882. The highest BCUT2D eigenvalue weighted by Gasteiger charge is 2.14. The minimum absolute atomic E-state index is 0.00361. The lowest BCUT2D eigenvalue weighted by Gasteiger charge is -2.06. The summed E-state index contributed by atoms with van der Waals surface area (Å²) < 4.78 is 7.27. The van der Waals surface area contributed by atoms with E-state index in [1.54, 1.807) is 11.5 Å². The maximum Gasteiger partial charge on any atom is 0.261 e. The van der Waals surface area contributed by atoms with E-state index in [1.165, 1.54) is 0 Å². The molecule has 1 aromatic carbocycles. The van der Waals surface area contributed by atoms with Crippen LogP contribution in [0.4, 0.5) is 0 Å². The molecule has 0 fully saturated rings. The predicted molar refractivity (Wildman–Crippen MR) is 70.8 cm³/mol. The summed E-state index contributed by atoms with van der Waals surface area (Å²) in [5, 5.41) is 1.56. The van der Waals surface area contributed by atoms with Gasteiger partial charge in [0, 0.05) is 24.2 Å². The molecule has 2 heterocycles. The fourth-order valence-electron chi connectivity index (χ4n) is 2.32. The molecule has 0 atom stereocenters. The van der Waals surface area contributed by atoms with Crippen molar-refractivity contribution in [3.63, 3.8) is 0 Å². The first-order valence-electron chi connectivity index (χ1n) is 6.11. The smallest absolute Gasteiger partial charge is 0.261 e. The Morgan fingerprint density at radius 3 is 2.72 bits per heavy atom. The quantitative estimate of drug-likeness (QED) is 0.694. The molecule has 0 saturated carbocycles. The van der Waals surface area contributed by atoms with E-state index in [-0.39, 0.29) is 5.56 Å². The molecular weight excluding hydrogens is 228 g/mol. The zero-order valence-electron chi connectivity index (χ0n) is 10.4. The van der Waals surface area contributed by atoms with Crippen LogP contribution < -0.4 is 5.56 Å². The van der Waals surface area contributed by atoms with E-state index in [4.69, 9.17) is 4.42 Å². The van der Waals surface area contributed by atoms with Crippen molar-refractivity contribution < 1.29 is 4.42 Å². The van der Waals surface area contributed by atoms with Gasteiger partial charge in [-0.3, -0.25) is 9.36 Å². The monoisotopic (exact) mass is 242 g/mol. The molecule has 0 amide bonds. The fourth-order valence-corrected chi connectivity index (χ4v) is 2.32. The first-order chi connectivity index (χ1) is 8.72. The van der Waals surface area contributed by atoms with Crippen molar-refractivity contribution in [1.29, 1.82) is 0 Å². The zero-order chi connectivity index (χ0) is 12.7. The third kappa shape index (κ3) is 1.45. The fraction of sp³-hybridized carbons (Fsp3) is 0.286.